The van der Waals surface area contributed by atoms with Crippen LogP contribution in [0.2, 0.25) is 0 Å². The second-order valence-electron chi connectivity index (χ2n) is 9.71. The van der Waals surface area contributed by atoms with Crippen LogP contribution in [0.4, 0.5) is 0 Å². The first-order valence-electron chi connectivity index (χ1n) is 12.8. The van der Waals surface area contributed by atoms with Gasteiger partial charge in [0.15, 0.2) is 5.78 Å². The Bertz CT molecular complexity index is 1100. The molecule has 0 aliphatic heterocycles. The van der Waals surface area contributed by atoms with Crippen LogP contribution in [0.15, 0.2) is 91.5 Å². The number of rotatable bonds is 13. The van der Waals surface area contributed by atoms with Crippen molar-refractivity contribution in [3.05, 3.63) is 114 Å². The fourth-order valence-corrected chi connectivity index (χ4v) is 4.78. The van der Waals surface area contributed by atoms with Crippen molar-refractivity contribution >= 4 is 5.78 Å². The van der Waals surface area contributed by atoms with Gasteiger partial charge >= 0.3 is 0 Å². The maximum absolute atomic E-state index is 13.3. The Morgan fingerprint density at radius 2 is 1.50 bits per heavy atom. The molecule has 36 heavy (non-hydrogen) atoms. The molecule has 0 fully saturated rings. The zero-order valence-electron chi connectivity index (χ0n) is 21.9. The molecule has 0 spiro atoms. The highest BCUT2D eigenvalue weighted by atomic mass is 16.5. The molecule has 0 aliphatic carbocycles. The lowest BCUT2D eigenvalue weighted by molar-refractivity contribution is 0.0747. The summed E-state index contributed by atoms with van der Waals surface area (Å²) in [6, 6.07) is 25.8. The first-order valence-corrected chi connectivity index (χ1v) is 12.8. The van der Waals surface area contributed by atoms with E-state index in [0.29, 0.717) is 29.8 Å². The van der Waals surface area contributed by atoms with Crippen molar-refractivity contribution in [3.8, 4) is 5.75 Å². The van der Waals surface area contributed by atoms with Crippen molar-refractivity contribution < 1.29 is 14.6 Å². The Kier molecular flexibility index (Phi) is 10.0. The number of hydrogen-bond donors (Lipinski definition) is 1. The van der Waals surface area contributed by atoms with Gasteiger partial charge in [-0.2, -0.15) is 0 Å². The Morgan fingerprint density at radius 1 is 0.917 bits per heavy atom. The smallest absolute Gasteiger partial charge is 0.195 e. The topological polar surface area (TPSA) is 49.8 Å². The summed E-state index contributed by atoms with van der Waals surface area (Å²) in [4.78, 5) is 15.8. The first kappa shape index (κ1) is 27.4. The van der Waals surface area contributed by atoms with Crippen molar-refractivity contribution in [2.24, 2.45) is 0 Å². The monoisotopic (exact) mass is 485 g/mol. The number of aliphatic hydroxyl groups is 1. The highest BCUT2D eigenvalue weighted by Gasteiger charge is 2.25. The summed E-state index contributed by atoms with van der Waals surface area (Å²) in [7, 11) is 0. The van der Waals surface area contributed by atoms with Gasteiger partial charge in [0.2, 0.25) is 0 Å². The van der Waals surface area contributed by atoms with Gasteiger partial charge in [-0.15, -0.1) is 0 Å². The lowest BCUT2D eigenvalue weighted by Gasteiger charge is -2.32. The van der Waals surface area contributed by atoms with Crippen LogP contribution in [-0.4, -0.2) is 41.0 Å². The van der Waals surface area contributed by atoms with Gasteiger partial charge in [-0.25, -0.2) is 0 Å². The zero-order valence-corrected chi connectivity index (χ0v) is 21.9. The quantitative estimate of drug-likeness (QED) is 0.213. The molecule has 190 valence electrons. The van der Waals surface area contributed by atoms with Gasteiger partial charge in [0, 0.05) is 29.1 Å². The molecule has 1 N–H and O–H groups in total. The highest BCUT2D eigenvalue weighted by Crippen LogP contribution is 2.36. The van der Waals surface area contributed by atoms with Crippen LogP contribution in [-0.2, 0) is 0 Å². The van der Waals surface area contributed by atoms with Gasteiger partial charge < -0.3 is 9.84 Å². The summed E-state index contributed by atoms with van der Waals surface area (Å²) in [6.07, 6.45) is 1.37. The average Bonchev–Trinajstić information content (AvgIpc) is 2.89. The molecule has 2 atom stereocenters. The molecular formula is C32H39NO3. The fraction of sp³-hybridized carbons (Fsp3) is 0.344. The number of ether oxygens (including phenoxy) is 1. The van der Waals surface area contributed by atoms with Crippen LogP contribution in [0, 0.1) is 0 Å². The summed E-state index contributed by atoms with van der Waals surface area (Å²) in [5, 5.41) is 10.8. The minimum Gasteiger partial charge on any atom is -0.489 e. The average molecular weight is 486 g/mol. The molecule has 0 aromatic heterocycles. The molecule has 0 amide bonds. The predicted octanol–water partition coefficient (Wildman–Crippen LogP) is 6.81. The van der Waals surface area contributed by atoms with E-state index in [1.807, 2.05) is 48.5 Å². The molecule has 3 rings (SSSR count). The van der Waals surface area contributed by atoms with Gasteiger partial charge in [0.05, 0.1) is 0 Å². The van der Waals surface area contributed by atoms with Crippen molar-refractivity contribution in [3.63, 3.8) is 0 Å². The molecule has 0 radical (unpaired) electrons. The molecule has 4 nitrogen and oxygen atoms in total. The Labute approximate surface area is 216 Å². The van der Waals surface area contributed by atoms with E-state index in [1.165, 1.54) is 5.56 Å². The predicted molar refractivity (Wildman–Crippen MR) is 148 cm³/mol. The number of ketones is 1. The molecule has 3 aromatic carbocycles. The third-order valence-electron chi connectivity index (χ3n) is 6.59. The van der Waals surface area contributed by atoms with Crippen LogP contribution in [0.5, 0.6) is 5.75 Å². The normalized spacial score (nSPS) is 13.1. The number of hydrogen-bond acceptors (Lipinski definition) is 4. The van der Waals surface area contributed by atoms with E-state index < -0.39 is 6.10 Å². The van der Waals surface area contributed by atoms with Crippen molar-refractivity contribution in [2.45, 2.75) is 58.2 Å². The van der Waals surface area contributed by atoms with Crippen molar-refractivity contribution in [1.82, 2.24) is 4.90 Å². The van der Waals surface area contributed by atoms with Crippen LogP contribution >= 0.6 is 0 Å². The van der Waals surface area contributed by atoms with Crippen LogP contribution in [0.25, 0.3) is 0 Å². The second kappa shape index (κ2) is 13.2. The van der Waals surface area contributed by atoms with Crippen LogP contribution in [0.1, 0.15) is 73.2 Å². The van der Waals surface area contributed by atoms with E-state index in [0.717, 1.165) is 24.3 Å². The minimum atomic E-state index is -1.22. The maximum Gasteiger partial charge on any atom is 0.195 e. The lowest BCUT2D eigenvalue weighted by atomic mass is 9.85. The summed E-state index contributed by atoms with van der Waals surface area (Å²) in [6.45, 7) is 14.0. The molecule has 3 aromatic rings. The first-order chi connectivity index (χ1) is 17.3. The largest absolute Gasteiger partial charge is 0.489 e. The van der Waals surface area contributed by atoms with E-state index >= 15 is 0 Å². The lowest BCUT2D eigenvalue weighted by Crippen LogP contribution is -2.38. The minimum absolute atomic E-state index is 0.0210. The molecule has 0 bridgehead atoms. The fourth-order valence-electron chi connectivity index (χ4n) is 4.78. The number of carbonyl (C=O) groups excluding carboxylic acids is 1. The Balaban J connectivity index is 2.04. The third-order valence-corrected chi connectivity index (χ3v) is 6.59. The third kappa shape index (κ3) is 6.93. The van der Waals surface area contributed by atoms with Gasteiger partial charge in [-0.05, 0) is 70.0 Å². The van der Waals surface area contributed by atoms with E-state index in [1.54, 1.807) is 24.3 Å². The van der Waals surface area contributed by atoms with Crippen LogP contribution in [0.3, 0.4) is 0 Å². The van der Waals surface area contributed by atoms with Gasteiger partial charge in [-0.1, -0.05) is 73.3 Å². The number of carbonyl (C=O) groups is 1. The van der Waals surface area contributed by atoms with Crippen molar-refractivity contribution in [1.29, 1.82) is 0 Å². The van der Waals surface area contributed by atoms with Crippen molar-refractivity contribution in [2.75, 3.05) is 13.2 Å². The SMILES string of the molecule is C=CCOc1ccc(C(=O)C(O)c2ccccc2)cc1C(CCN(C(C)C)C(C)C)c1ccccc1. The Hall–Kier alpha value is -3.21. The summed E-state index contributed by atoms with van der Waals surface area (Å²) >= 11 is 0. The Morgan fingerprint density at radius 3 is 2.06 bits per heavy atom. The molecule has 0 heterocycles. The van der Waals surface area contributed by atoms with E-state index in [4.69, 9.17) is 4.74 Å². The number of nitrogens with zero attached hydrogens (tertiary/aromatic N) is 1. The highest BCUT2D eigenvalue weighted by molar-refractivity contribution is 6.00. The number of Topliss-reactive ketones (excluding diaryl/α,β-unsaturated/α-hetero) is 1. The van der Waals surface area contributed by atoms with Gasteiger partial charge in [-0.3, -0.25) is 9.69 Å². The molecule has 0 saturated heterocycles. The van der Waals surface area contributed by atoms with E-state index in [9.17, 15) is 9.90 Å². The molecule has 2 unspecified atom stereocenters. The van der Waals surface area contributed by atoms with Crippen LogP contribution < -0.4 is 4.74 Å². The second-order valence-corrected chi connectivity index (χ2v) is 9.71. The number of benzene rings is 3. The molecule has 0 saturated carbocycles. The zero-order chi connectivity index (χ0) is 26.1. The van der Waals surface area contributed by atoms with Gasteiger partial charge in [0.25, 0.3) is 0 Å². The summed E-state index contributed by atoms with van der Waals surface area (Å²) < 4.78 is 6.06. The summed E-state index contributed by atoms with van der Waals surface area (Å²) in [5.74, 6) is 0.429. The maximum atomic E-state index is 13.3. The molecular weight excluding hydrogens is 446 g/mol. The summed E-state index contributed by atoms with van der Waals surface area (Å²) in [5.41, 5.74) is 3.17. The van der Waals surface area contributed by atoms with Gasteiger partial charge in [0.1, 0.15) is 18.5 Å². The molecule has 0 aliphatic rings. The van der Waals surface area contributed by atoms with E-state index in [-0.39, 0.29) is 11.7 Å². The number of aliphatic hydroxyl groups excluding tert-OH is 1. The molecule has 4 heteroatoms. The van der Waals surface area contributed by atoms with E-state index in [2.05, 4.69) is 51.3 Å². The standard InChI is InChI=1S/C32H39NO3/c1-6-21-36-30-18-17-27(32(35)31(34)26-15-11-8-12-16-26)22-29(30)28(25-13-9-7-10-14-25)19-20-33(23(2)3)24(4)5/h6-18,22-24,28,31,34H,1,19-21H2,2-5H3.